The van der Waals surface area contributed by atoms with Crippen molar-refractivity contribution in [3.05, 3.63) is 34.3 Å². The quantitative estimate of drug-likeness (QED) is 0.802. The number of ether oxygens (including phenoxy) is 1. The van der Waals surface area contributed by atoms with Gasteiger partial charge in [0.1, 0.15) is 0 Å². The molecule has 0 aliphatic rings. The lowest BCUT2D eigenvalue weighted by Gasteiger charge is -2.09. The summed E-state index contributed by atoms with van der Waals surface area (Å²) >= 11 is 5.85. The van der Waals surface area contributed by atoms with E-state index in [0.717, 1.165) is 11.1 Å². The van der Waals surface area contributed by atoms with Gasteiger partial charge in [0.25, 0.3) is 0 Å². The first-order chi connectivity index (χ1) is 7.02. The number of carbonyl (C=O) groups is 1. The summed E-state index contributed by atoms with van der Waals surface area (Å²) in [5.41, 5.74) is 1.81. The maximum Gasteiger partial charge on any atom is 0.335 e. The Labute approximate surface area is 93.6 Å². The normalized spacial score (nSPS) is 12.3. The van der Waals surface area contributed by atoms with Crippen molar-refractivity contribution < 1.29 is 14.6 Å². The molecule has 82 valence electrons. The number of benzene rings is 1. The van der Waals surface area contributed by atoms with Crippen molar-refractivity contribution >= 4 is 17.6 Å². The molecule has 1 unspecified atom stereocenters. The minimum atomic E-state index is -1.13. The second-order valence-electron chi connectivity index (χ2n) is 3.38. The molecule has 1 aromatic carbocycles. The average molecular weight is 229 g/mol. The molecule has 0 aliphatic heterocycles. The molecule has 0 amide bonds. The van der Waals surface area contributed by atoms with Gasteiger partial charge in [0.2, 0.25) is 0 Å². The van der Waals surface area contributed by atoms with E-state index >= 15 is 0 Å². The molecule has 1 rings (SSSR count). The Morgan fingerprint density at radius 1 is 1.53 bits per heavy atom. The van der Waals surface area contributed by atoms with E-state index < -0.39 is 12.1 Å². The molecule has 0 aliphatic carbocycles. The molecule has 3 nitrogen and oxygen atoms in total. The van der Waals surface area contributed by atoms with Gasteiger partial charge in [0.05, 0.1) is 7.11 Å². The average Bonchev–Trinajstić information content (AvgIpc) is 2.14. The van der Waals surface area contributed by atoms with E-state index in [1.54, 1.807) is 6.07 Å². The van der Waals surface area contributed by atoms with Crippen LogP contribution in [0.25, 0.3) is 0 Å². The fourth-order valence-corrected chi connectivity index (χ4v) is 1.68. The van der Waals surface area contributed by atoms with Gasteiger partial charge in [-0.05, 0) is 30.2 Å². The van der Waals surface area contributed by atoms with Crippen LogP contribution in [0.15, 0.2) is 18.2 Å². The minimum absolute atomic E-state index is 0.216. The van der Waals surface area contributed by atoms with Gasteiger partial charge >= 0.3 is 5.97 Å². The lowest BCUT2D eigenvalue weighted by atomic mass is 10.1. The highest BCUT2D eigenvalue weighted by atomic mass is 35.5. The lowest BCUT2D eigenvalue weighted by molar-refractivity contribution is -0.150. The van der Waals surface area contributed by atoms with Crippen molar-refractivity contribution in [2.24, 2.45) is 0 Å². The lowest BCUT2D eigenvalue weighted by Crippen LogP contribution is -2.24. The monoisotopic (exact) mass is 228 g/mol. The standard InChI is InChI=1S/C11H13ClO3/c1-7-3-8(5-9(12)4-7)6-10(13)11(14)15-2/h3-5,10,13H,6H2,1-2H3. The first-order valence-electron chi connectivity index (χ1n) is 4.55. The van der Waals surface area contributed by atoms with E-state index in [1.807, 2.05) is 19.1 Å². The molecule has 15 heavy (non-hydrogen) atoms. The summed E-state index contributed by atoms with van der Waals surface area (Å²) in [7, 11) is 1.24. The van der Waals surface area contributed by atoms with Gasteiger partial charge in [-0.15, -0.1) is 0 Å². The van der Waals surface area contributed by atoms with Crippen molar-refractivity contribution in [3.8, 4) is 0 Å². The van der Waals surface area contributed by atoms with Crippen LogP contribution in [-0.4, -0.2) is 24.3 Å². The van der Waals surface area contributed by atoms with Gasteiger partial charge in [0.15, 0.2) is 6.10 Å². The highest BCUT2D eigenvalue weighted by Gasteiger charge is 2.15. The number of esters is 1. The molecular weight excluding hydrogens is 216 g/mol. The Bertz CT molecular complexity index is 343. The summed E-state index contributed by atoms with van der Waals surface area (Å²) in [5, 5.41) is 10.0. The van der Waals surface area contributed by atoms with E-state index in [0.29, 0.717) is 5.02 Å². The number of rotatable bonds is 3. The van der Waals surface area contributed by atoms with Crippen molar-refractivity contribution in [2.45, 2.75) is 19.4 Å². The smallest absolute Gasteiger partial charge is 0.335 e. The number of aliphatic hydroxyl groups excluding tert-OH is 1. The van der Waals surface area contributed by atoms with E-state index in [-0.39, 0.29) is 6.42 Å². The first-order valence-corrected chi connectivity index (χ1v) is 4.92. The number of hydrogen-bond donors (Lipinski definition) is 1. The van der Waals surface area contributed by atoms with Crippen LogP contribution in [0.1, 0.15) is 11.1 Å². The summed E-state index contributed by atoms with van der Waals surface area (Å²) in [6.07, 6.45) is -0.915. The van der Waals surface area contributed by atoms with Gasteiger partial charge in [-0.1, -0.05) is 17.7 Å². The van der Waals surface area contributed by atoms with Gasteiger partial charge in [-0.2, -0.15) is 0 Å². The largest absolute Gasteiger partial charge is 0.467 e. The number of aryl methyl sites for hydroxylation is 1. The molecule has 0 spiro atoms. The zero-order valence-corrected chi connectivity index (χ0v) is 9.41. The van der Waals surface area contributed by atoms with E-state index in [9.17, 15) is 9.90 Å². The zero-order valence-electron chi connectivity index (χ0n) is 8.66. The first kappa shape index (κ1) is 12.0. The molecule has 0 heterocycles. The van der Waals surface area contributed by atoms with E-state index in [2.05, 4.69) is 4.74 Å². The summed E-state index contributed by atoms with van der Waals surface area (Å²) in [6, 6.07) is 5.41. The van der Waals surface area contributed by atoms with Crippen molar-refractivity contribution in [1.82, 2.24) is 0 Å². The Hall–Kier alpha value is -1.06. The SMILES string of the molecule is COC(=O)C(O)Cc1cc(C)cc(Cl)c1. The van der Waals surface area contributed by atoms with Crippen LogP contribution in [0.3, 0.4) is 0 Å². The number of aliphatic hydroxyl groups is 1. The van der Waals surface area contributed by atoms with Gasteiger partial charge in [-0.3, -0.25) is 0 Å². The molecule has 0 radical (unpaired) electrons. The highest BCUT2D eigenvalue weighted by Crippen LogP contribution is 2.16. The van der Waals surface area contributed by atoms with Crippen molar-refractivity contribution in [3.63, 3.8) is 0 Å². The second kappa shape index (κ2) is 5.14. The van der Waals surface area contributed by atoms with E-state index in [1.165, 1.54) is 7.11 Å². The molecule has 0 bridgehead atoms. The topological polar surface area (TPSA) is 46.5 Å². The Morgan fingerprint density at radius 3 is 2.73 bits per heavy atom. The third kappa shape index (κ3) is 3.53. The number of hydrogen-bond acceptors (Lipinski definition) is 3. The fourth-order valence-electron chi connectivity index (χ4n) is 1.37. The molecule has 1 aromatic rings. The van der Waals surface area contributed by atoms with Crippen molar-refractivity contribution in [1.29, 1.82) is 0 Å². The maximum atomic E-state index is 11.0. The minimum Gasteiger partial charge on any atom is -0.467 e. The van der Waals surface area contributed by atoms with Crippen LogP contribution >= 0.6 is 11.6 Å². The Balaban J connectivity index is 2.76. The van der Waals surface area contributed by atoms with E-state index in [4.69, 9.17) is 11.6 Å². The molecule has 1 atom stereocenters. The third-order valence-corrected chi connectivity index (χ3v) is 2.22. The van der Waals surface area contributed by atoms with Crippen LogP contribution in [-0.2, 0) is 16.0 Å². The van der Waals surface area contributed by atoms with Gasteiger partial charge in [0, 0.05) is 11.4 Å². The molecule has 0 fully saturated rings. The third-order valence-electron chi connectivity index (χ3n) is 2.00. The highest BCUT2D eigenvalue weighted by molar-refractivity contribution is 6.30. The van der Waals surface area contributed by atoms with Crippen molar-refractivity contribution in [2.75, 3.05) is 7.11 Å². The fraction of sp³-hybridized carbons (Fsp3) is 0.364. The summed E-state index contributed by atoms with van der Waals surface area (Å²) in [5.74, 6) is -0.632. The number of methoxy groups -OCH3 is 1. The van der Waals surface area contributed by atoms with Crippen LogP contribution < -0.4 is 0 Å². The zero-order chi connectivity index (χ0) is 11.4. The van der Waals surface area contributed by atoms with Crippen LogP contribution in [0.4, 0.5) is 0 Å². The van der Waals surface area contributed by atoms with Gasteiger partial charge < -0.3 is 9.84 Å². The molecule has 4 heteroatoms. The Kier molecular flexibility index (Phi) is 4.12. The molecule has 1 N–H and O–H groups in total. The Morgan fingerprint density at radius 2 is 2.20 bits per heavy atom. The summed E-state index contributed by atoms with van der Waals surface area (Å²) in [4.78, 5) is 11.0. The second-order valence-corrected chi connectivity index (χ2v) is 3.82. The molecule has 0 aromatic heterocycles. The molecular formula is C11H13ClO3. The predicted octanol–water partition coefficient (Wildman–Crippen LogP) is 1.72. The number of carbonyl (C=O) groups excluding carboxylic acids is 1. The molecule has 0 saturated carbocycles. The van der Waals surface area contributed by atoms with Gasteiger partial charge in [-0.25, -0.2) is 4.79 Å². The maximum absolute atomic E-state index is 11.0. The number of halogens is 1. The molecule has 0 saturated heterocycles. The predicted molar refractivity (Wildman–Crippen MR) is 57.9 cm³/mol. The summed E-state index contributed by atoms with van der Waals surface area (Å²) < 4.78 is 4.42. The van der Waals surface area contributed by atoms with Crippen LogP contribution in [0.5, 0.6) is 0 Å². The summed E-state index contributed by atoms with van der Waals surface area (Å²) in [6.45, 7) is 1.90. The van der Waals surface area contributed by atoms with Crippen LogP contribution in [0, 0.1) is 6.92 Å². The van der Waals surface area contributed by atoms with Crippen LogP contribution in [0.2, 0.25) is 5.02 Å².